The quantitative estimate of drug-likeness (QED) is 0.842. The van der Waals surface area contributed by atoms with Gasteiger partial charge in [-0.2, -0.15) is 5.26 Å². The summed E-state index contributed by atoms with van der Waals surface area (Å²) in [5, 5.41) is 20.5. The van der Waals surface area contributed by atoms with Crippen LogP contribution in [-0.4, -0.2) is 18.8 Å². The number of sulfone groups is 1. The van der Waals surface area contributed by atoms with Gasteiger partial charge in [-0.05, 0) is 29.8 Å². The number of rotatable bonds is 1. The summed E-state index contributed by atoms with van der Waals surface area (Å²) in [4.78, 5) is 0.145. The summed E-state index contributed by atoms with van der Waals surface area (Å²) in [6, 6.07) is 13.9. The largest absolute Gasteiger partial charge is 0.508 e. The second kappa shape index (κ2) is 4.79. The van der Waals surface area contributed by atoms with Crippen LogP contribution in [0.2, 0.25) is 0 Å². The fraction of sp³-hybridized carbons (Fsp3) is 0.133. The normalized spacial score (nSPS) is 22.6. The maximum absolute atomic E-state index is 12.6. The van der Waals surface area contributed by atoms with Crippen molar-refractivity contribution in [2.45, 2.75) is 16.2 Å². The Labute approximate surface area is 122 Å². The van der Waals surface area contributed by atoms with Crippen molar-refractivity contribution in [1.82, 2.24) is 0 Å². The Hall–Kier alpha value is -2.52. The van der Waals surface area contributed by atoms with Crippen LogP contribution in [0.25, 0.3) is 0 Å². The lowest BCUT2D eigenvalue weighted by atomic mass is 10.0. The van der Waals surface area contributed by atoms with Crippen molar-refractivity contribution in [2.24, 2.45) is 0 Å². The van der Waals surface area contributed by atoms with Crippen LogP contribution in [0.5, 0.6) is 5.75 Å². The average molecular weight is 300 g/mol. The van der Waals surface area contributed by atoms with E-state index in [0.717, 1.165) is 0 Å². The van der Waals surface area contributed by atoms with Crippen molar-refractivity contribution in [3.05, 3.63) is 54.1 Å². The van der Waals surface area contributed by atoms with E-state index in [-0.39, 0.29) is 10.6 Å². The number of benzene rings is 2. The van der Waals surface area contributed by atoms with Gasteiger partial charge in [0, 0.05) is 0 Å². The smallest absolute Gasteiger partial charge is 0.199 e. The minimum absolute atomic E-state index is 0.0892. The number of hydrogen-bond acceptors (Lipinski definition) is 5. The van der Waals surface area contributed by atoms with Gasteiger partial charge in [0.2, 0.25) is 0 Å². The summed E-state index contributed by atoms with van der Waals surface area (Å²) in [6.45, 7) is 0. The summed E-state index contributed by atoms with van der Waals surface area (Å²) in [6.07, 6.45) is 0. The third kappa shape index (κ3) is 2.12. The van der Waals surface area contributed by atoms with Gasteiger partial charge in [-0.25, -0.2) is 8.42 Å². The monoisotopic (exact) mass is 300 g/mol. The summed E-state index contributed by atoms with van der Waals surface area (Å²) in [5.74, 6) is 0.0892. The van der Waals surface area contributed by atoms with E-state index in [1.165, 1.54) is 18.2 Å². The SMILES string of the molecule is N#CC1C(c2ccc(O)cc2)Nc2ccccc2S1(=O)=O. The van der Waals surface area contributed by atoms with Gasteiger partial charge in [-0.3, -0.25) is 0 Å². The van der Waals surface area contributed by atoms with E-state index in [1.807, 2.05) is 6.07 Å². The number of fused-ring (bicyclic) bond motifs is 1. The molecule has 0 saturated heterocycles. The molecule has 0 spiro atoms. The minimum atomic E-state index is -3.73. The van der Waals surface area contributed by atoms with Gasteiger partial charge >= 0.3 is 0 Å². The van der Waals surface area contributed by atoms with Crippen LogP contribution in [0, 0.1) is 11.3 Å². The molecule has 6 heteroatoms. The predicted octanol–water partition coefficient (Wildman–Crippen LogP) is 2.22. The van der Waals surface area contributed by atoms with E-state index in [9.17, 15) is 18.8 Å². The second-order valence-electron chi connectivity index (χ2n) is 4.80. The highest BCUT2D eigenvalue weighted by Gasteiger charge is 2.41. The van der Waals surface area contributed by atoms with Crippen LogP contribution < -0.4 is 5.32 Å². The third-order valence-corrected chi connectivity index (χ3v) is 5.54. The van der Waals surface area contributed by atoms with Crippen LogP contribution in [0.4, 0.5) is 5.69 Å². The van der Waals surface area contributed by atoms with E-state index in [4.69, 9.17) is 0 Å². The zero-order valence-electron chi connectivity index (χ0n) is 10.9. The predicted molar refractivity (Wildman–Crippen MR) is 77.5 cm³/mol. The first-order valence-electron chi connectivity index (χ1n) is 6.32. The average Bonchev–Trinajstić information content (AvgIpc) is 2.47. The molecule has 0 aliphatic carbocycles. The van der Waals surface area contributed by atoms with Gasteiger partial charge in [-0.15, -0.1) is 0 Å². The molecular formula is C15H12N2O3S. The molecule has 1 aliphatic heterocycles. The zero-order chi connectivity index (χ0) is 15.0. The van der Waals surface area contributed by atoms with Crippen molar-refractivity contribution in [2.75, 3.05) is 5.32 Å². The highest BCUT2D eigenvalue weighted by Crippen LogP contribution is 2.38. The van der Waals surface area contributed by atoms with Crippen molar-refractivity contribution < 1.29 is 13.5 Å². The van der Waals surface area contributed by atoms with E-state index in [0.29, 0.717) is 11.3 Å². The molecule has 5 nitrogen and oxygen atoms in total. The maximum atomic E-state index is 12.6. The molecule has 0 fully saturated rings. The van der Waals surface area contributed by atoms with Crippen LogP contribution in [0.3, 0.4) is 0 Å². The van der Waals surface area contributed by atoms with Crippen molar-refractivity contribution in [1.29, 1.82) is 5.26 Å². The summed E-state index contributed by atoms with van der Waals surface area (Å²) >= 11 is 0. The standard InChI is InChI=1S/C15H12N2O3S/c16-9-14-15(10-5-7-11(18)8-6-10)17-12-3-1-2-4-13(12)21(14,19)20/h1-8,14-15,17-18H. The number of nitrogens with zero attached hydrogens (tertiary/aromatic N) is 1. The summed E-state index contributed by atoms with van der Waals surface area (Å²) in [7, 11) is -3.73. The van der Waals surface area contributed by atoms with E-state index in [2.05, 4.69) is 5.32 Å². The fourth-order valence-electron chi connectivity index (χ4n) is 2.48. The minimum Gasteiger partial charge on any atom is -0.508 e. The maximum Gasteiger partial charge on any atom is 0.199 e. The molecule has 3 rings (SSSR count). The van der Waals surface area contributed by atoms with Crippen LogP contribution in [0.1, 0.15) is 11.6 Å². The number of anilines is 1. The van der Waals surface area contributed by atoms with E-state index in [1.54, 1.807) is 30.3 Å². The summed E-state index contributed by atoms with van der Waals surface area (Å²) in [5.41, 5.74) is 1.12. The van der Waals surface area contributed by atoms with Gasteiger partial charge in [0.1, 0.15) is 5.75 Å². The van der Waals surface area contributed by atoms with Crippen LogP contribution >= 0.6 is 0 Å². The first-order chi connectivity index (χ1) is 10.0. The zero-order valence-corrected chi connectivity index (χ0v) is 11.7. The molecule has 0 aromatic heterocycles. The van der Waals surface area contributed by atoms with Crippen molar-refractivity contribution >= 4 is 15.5 Å². The molecule has 0 radical (unpaired) electrons. The number of phenolic OH excluding ortho intramolecular Hbond substituents is 1. The molecule has 2 atom stereocenters. The molecular weight excluding hydrogens is 288 g/mol. The Balaban J connectivity index is 2.16. The topological polar surface area (TPSA) is 90.2 Å². The number of nitriles is 1. The molecule has 0 saturated carbocycles. The number of nitrogens with one attached hydrogen (secondary N) is 1. The number of aromatic hydroxyl groups is 1. The van der Waals surface area contributed by atoms with Crippen LogP contribution in [-0.2, 0) is 9.84 Å². The van der Waals surface area contributed by atoms with Crippen LogP contribution in [0.15, 0.2) is 53.4 Å². The van der Waals surface area contributed by atoms with Gasteiger partial charge < -0.3 is 10.4 Å². The third-order valence-electron chi connectivity index (χ3n) is 3.52. The molecule has 2 aromatic carbocycles. The molecule has 1 aliphatic rings. The van der Waals surface area contributed by atoms with Gasteiger partial charge in [0.05, 0.1) is 22.7 Å². The molecule has 2 aromatic rings. The van der Waals surface area contributed by atoms with Crippen molar-refractivity contribution in [3.8, 4) is 11.8 Å². The van der Waals surface area contributed by atoms with E-state index >= 15 is 0 Å². The Morgan fingerprint density at radius 3 is 2.43 bits per heavy atom. The molecule has 0 bridgehead atoms. The lowest BCUT2D eigenvalue weighted by molar-refractivity contribution is 0.475. The highest BCUT2D eigenvalue weighted by atomic mass is 32.2. The number of phenols is 1. The van der Waals surface area contributed by atoms with Gasteiger partial charge in [-0.1, -0.05) is 24.3 Å². The van der Waals surface area contributed by atoms with E-state index < -0.39 is 21.1 Å². The lowest BCUT2D eigenvalue weighted by Gasteiger charge is -2.31. The Kier molecular flexibility index (Phi) is 3.07. The summed E-state index contributed by atoms with van der Waals surface area (Å²) < 4.78 is 25.1. The van der Waals surface area contributed by atoms with Gasteiger partial charge in [0.15, 0.2) is 15.1 Å². The molecule has 1 heterocycles. The Morgan fingerprint density at radius 1 is 1.10 bits per heavy atom. The Morgan fingerprint density at radius 2 is 1.76 bits per heavy atom. The Bertz CT molecular complexity index is 823. The first-order valence-corrected chi connectivity index (χ1v) is 7.86. The molecule has 0 amide bonds. The molecule has 106 valence electrons. The second-order valence-corrected chi connectivity index (χ2v) is 6.84. The number of para-hydroxylation sites is 1. The fourth-order valence-corrected chi connectivity index (χ4v) is 4.17. The van der Waals surface area contributed by atoms with Gasteiger partial charge in [0.25, 0.3) is 0 Å². The van der Waals surface area contributed by atoms with Crippen molar-refractivity contribution in [3.63, 3.8) is 0 Å². The molecule has 2 N–H and O–H groups in total. The lowest BCUT2D eigenvalue weighted by Crippen LogP contribution is -2.36. The highest BCUT2D eigenvalue weighted by molar-refractivity contribution is 7.92. The molecule has 21 heavy (non-hydrogen) atoms. The molecule has 2 unspecified atom stereocenters. The first kappa shape index (κ1) is 13.5. The number of hydrogen-bond donors (Lipinski definition) is 2.